The summed E-state index contributed by atoms with van der Waals surface area (Å²) in [6.45, 7) is 2.66. The molecule has 0 saturated carbocycles. The van der Waals surface area contributed by atoms with Crippen LogP contribution in [0.2, 0.25) is 0 Å². The lowest BCUT2D eigenvalue weighted by Crippen LogP contribution is -2.29. The molecule has 0 spiro atoms. The molecule has 0 aromatic rings. The van der Waals surface area contributed by atoms with Gasteiger partial charge in [-0.3, -0.25) is 9.59 Å². The third-order valence-corrected chi connectivity index (χ3v) is 2.28. The largest absolute Gasteiger partial charge is 0.481 e. The Hall–Kier alpha value is -1.14. The standard InChI is InChI=1S/C6H14N2O2.C6H12O2/c7-4-2-1-3-5(8)6(9)10;1-2-3-4-5-6(7)8/h5H,1-4,7-8H2,(H,9,10);2-5H2,1H3,(H,7,8). The molecule has 6 heteroatoms. The van der Waals surface area contributed by atoms with Crippen LogP contribution in [0.25, 0.3) is 0 Å². The van der Waals surface area contributed by atoms with Gasteiger partial charge in [-0.05, 0) is 25.8 Å². The molecule has 0 heterocycles. The van der Waals surface area contributed by atoms with Crippen LogP contribution in [0, 0.1) is 0 Å². The van der Waals surface area contributed by atoms with E-state index in [1.165, 1.54) is 0 Å². The van der Waals surface area contributed by atoms with E-state index >= 15 is 0 Å². The number of carboxylic acids is 2. The molecule has 0 aliphatic heterocycles. The van der Waals surface area contributed by atoms with Crippen molar-refractivity contribution in [1.82, 2.24) is 0 Å². The normalized spacial score (nSPS) is 11.3. The lowest BCUT2D eigenvalue weighted by atomic mass is 10.1. The predicted octanol–water partition coefficient (Wildman–Crippen LogP) is 1.18. The zero-order valence-corrected chi connectivity index (χ0v) is 11.1. The van der Waals surface area contributed by atoms with Crippen molar-refractivity contribution in [3.8, 4) is 0 Å². The van der Waals surface area contributed by atoms with Crippen molar-refractivity contribution < 1.29 is 19.8 Å². The van der Waals surface area contributed by atoms with E-state index in [2.05, 4.69) is 6.92 Å². The highest BCUT2D eigenvalue weighted by Crippen LogP contribution is 1.97. The summed E-state index contributed by atoms with van der Waals surface area (Å²) in [4.78, 5) is 20.0. The van der Waals surface area contributed by atoms with Gasteiger partial charge in [0, 0.05) is 6.42 Å². The smallest absolute Gasteiger partial charge is 0.320 e. The van der Waals surface area contributed by atoms with Gasteiger partial charge in [0.2, 0.25) is 0 Å². The van der Waals surface area contributed by atoms with Gasteiger partial charge < -0.3 is 21.7 Å². The van der Waals surface area contributed by atoms with Crippen LogP contribution in [0.4, 0.5) is 0 Å². The molecular formula is C12H26N2O4. The van der Waals surface area contributed by atoms with E-state index < -0.39 is 18.0 Å². The first-order valence-electron chi connectivity index (χ1n) is 6.35. The van der Waals surface area contributed by atoms with Gasteiger partial charge in [0.05, 0.1) is 0 Å². The molecule has 0 saturated heterocycles. The molecule has 1 atom stereocenters. The maximum atomic E-state index is 10.1. The van der Waals surface area contributed by atoms with E-state index in [0.29, 0.717) is 19.4 Å². The highest BCUT2D eigenvalue weighted by molar-refractivity contribution is 5.72. The number of nitrogens with two attached hydrogens (primary N) is 2. The van der Waals surface area contributed by atoms with Crippen LogP contribution < -0.4 is 11.5 Å². The Morgan fingerprint density at radius 2 is 1.72 bits per heavy atom. The van der Waals surface area contributed by atoms with Gasteiger partial charge in [0.15, 0.2) is 0 Å². The fraction of sp³-hybridized carbons (Fsp3) is 0.833. The van der Waals surface area contributed by atoms with Crippen molar-refractivity contribution in [2.45, 2.75) is 57.9 Å². The molecule has 108 valence electrons. The molecule has 6 N–H and O–H groups in total. The second-order valence-corrected chi connectivity index (χ2v) is 4.08. The highest BCUT2D eigenvalue weighted by atomic mass is 16.4. The number of hydrogen-bond acceptors (Lipinski definition) is 4. The number of carbonyl (C=O) groups is 2. The first-order valence-corrected chi connectivity index (χ1v) is 6.35. The fourth-order valence-corrected chi connectivity index (χ4v) is 1.16. The molecule has 0 aliphatic carbocycles. The number of hydrogen-bond donors (Lipinski definition) is 4. The van der Waals surface area contributed by atoms with E-state index in [1.807, 2.05) is 0 Å². The van der Waals surface area contributed by atoms with Crippen molar-refractivity contribution in [2.24, 2.45) is 11.5 Å². The molecule has 0 bridgehead atoms. The third kappa shape index (κ3) is 17.3. The minimum absolute atomic E-state index is 0.327. The Balaban J connectivity index is 0. The number of rotatable bonds is 9. The summed E-state index contributed by atoms with van der Waals surface area (Å²) in [5.41, 5.74) is 10.4. The van der Waals surface area contributed by atoms with Crippen LogP contribution in [0.15, 0.2) is 0 Å². The first kappa shape index (κ1) is 19.2. The zero-order valence-electron chi connectivity index (χ0n) is 11.1. The molecule has 6 nitrogen and oxygen atoms in total. The molecule has 0 radical (unpaired) electrons. The number of carboxylic acid groups (broad SMARTS) is 2. The molecule has 0 amide bonds. The Morgan fingerprint density at radius 1 is 1.11 bits per heavy atom. The summed E-state index contributed by atoms with van der Waals surface area (Å²) >= 11 is 0. The molecule has 1 unspecified atom stereocenters. The minimum Gasteiger partial charge on any atom is -0.481 e. The van der Waals surface area contributed by atoms with Crippen molar-refractivity contribution in [3.05, 3.63) is 0 Å². The van der Waals surface area contributed by atoms with Crippen molar-refractivity contribution >= 4 is 11.9 Å². The fourth-order valence-electron chi connectivity index (χ4n) is 1.16. The maximum Gasteiger partial charge on any atom is 0.320 e. The maximum absolute atomic E-state index is 10.1. The minimum atomic E-state index is -0.933. The first-order chi connectivity index (χ1) is 8.45. The van der Waals surface area contributed by atoms with E-state index in [4.69, 9.17) is 21.7 Å². The van der Waals surface area contributed by atoms with Gasteiger partial charge in [-0.2, -0.15) is 0 Å². The molecule has 0 aromatic carbocycles. The van der Waals surface area contributed by atoms with Crippen LogP contribution in [0.3, 0.4) is 0 Å². The van der Waals surface area contributed by atoms with Crippen LogP contribution >= 0.6 is 0 Å². The predicted molar refractivity (Wildman–Crippen MR) is 70.3 cm³/mol. The average Bonchev–Trinajstić information content (AvgIpc) is 2.30. The lowest BCUT2D eigenvalue weighted by molar-refractivity contribution is -0.139. The van der Waals surface area contributed by atoms with Gasteiger partial charge in [0.1, 0.15) is 6.04 Å². The van der Waals surface area contributed by atoms with E-state index in [9.17, 15) is 9.59 Å². The van der Waals surface area contributed by atoms with Crippen LogP contribution in [0.1, 0.15) is 51.9 Å². The Kier molecular flexibility index (Phi) is 14.9. The van der Waals surface area contributed by atoms with Gasteiger partial charge in [-0.15, -0.1) is 0 Å². The molecule has 0 fully saturated rings. The Bertz CT molecular complexity index is 222. The van der Waals surface area contributed by atoms with Crippen LogP contribution in [-0.4, -0.2) is 34.7 Å². The summed E-state index contributed by atoms with van der Waals surface area (Å²) in [7, 11) is 0. The topological polar surface area (TPSA) is 127 Å². The van der Waals surface area contributed by atoms with E-state index in [-0.39, 0.29) is 0 Å². The summed E-state index contributed by atoms with van der Waals surface area (Å²) in [6.07, 6.45) is 5.44. The average molecular weight is 262 g/mol. The molecular weight excluding hydrogens is 236 g/mol. The van der Waals surface area contributed by atoms with Gasteiger partial charge in [0.25, 0.3) is 0 Å². The quantitative estimate of drug-likeness (QED) is 0.462. The van der Waals surface area contributed by atoms with Gasteiger partial charge in [-0.25, -0.2) is 0 Å². The summed E-state index contributed by atoms with van der Waals surface area (Å²) < 4.78 is 0. The summed E-state index contributed by atoms with van der Waals surface area (Å²) in [6, 6.07) is -0.716. The van der Waals surface area contributed by atoms with Crippen molar-refractivity contribution in [2.75, 3.05) is 6.54 Å². The highest BCUT2D eigenvalue weighted by Gasteiger charge is 2.09. The van der Waals surface area contributed by atoms with Crippen molar-refractivity contribution in [1.29, 1.82) is 0 Å². The zero-order chi connectivity index (χ0) is 14.4. The summed E-state index contributed by atoms with van der Waals surface area (Å²) in [5, 5.41) is 16.5. The molecule has 0 aliphatic rings. The Labute approximate surface area is 108 Å². The van der Waals surface area contributed by atoms with Gasteiger partial charge >= 0.3 is 11.9 Å². The van der Waals surface area contributed by atoms with E-state index in [1.54, 1.807) is 0 Å². The SMILES string of the molecule is CCCCCC(=O)O.NCCCCC(N)C(=O)O. The monoisotopic (exact) mass is 262 g/mol. The van der Waals surface area contributed by atoms with Crippen LogP contribution in [-0.2, 0) is 9.59 Å². The Morgan fingerprint density at radius 3 is 2.11 bits per heavy atom. The van der Waals surface area contributed by atoms with Crippen molar-refractivity contribution in [3.63, 3.8) is 0 Å². The lowest BCUT2D eigenvalue weighted by Gasteiger charge is -2.03. The van der Waals surface area contributed by atoms with E-state index in [0.717, 1.165) is 32.1 Å². The van der Waals surface area contributed by atoms with Gasteiger partial charge in [-0.1, -0.05) is 26.2 Å². The molecule has 0 aromatic heterocycles. The number of unbranched alkanes of at least 4 members (excludes halogenated alkanes) is 3. The van der Waals surface area contributed by atoms with Crippen LogP contribution in [0.5, 0.6) is 0 Å². The molecule has 18 heavy (non-hydrogen) atoms. The second kappa shape index (κ2) is 13.9. The summed E-state index contributed by atoms with van der Waals surface area (Å²) in [5.74, 6) is -1.62. The third-order valence-electron chi connectivity index (χ3n) is 2.28. The molecule has 0 rings (SSSR count). The second-order valence-electron chi connectivity index (χ2n) is 4.08. The number of aliphatic carboxylic acids is 2.